The van der Waals surface area contributed by atoms with Crippen LogP contribution < -0.4 is 14.8 Å². The zero-order valence-electron chi connectivity index (χ0n) is 17.9. The lowest BCUT2D eigenvalue weighted by Crippen LogP contribution is -2.44. The number of thioether (sulfide) groups is 1. The smallest absolute Gasteiger partial charge is 0.255 e. The maximum atomic E-state index is 13.3. The quantitative estimate of drug-likeness (QED) is 0.604. The van der Waals surface area contributed by atoms with Crippen LogP contribution in [0.2, 0.25) is 5.02 Å². The summed E-state index contributed by atoms with van der Waals surface area (Å²) in [6.07, 6.45) is 0.809. The molecule has 1 N–H and O–H groups in total. The predicted molar refractivity (Wildman–Crippen MR) is 125 cm³/mol. The number of halogens is 1. The van der Waals surface area contributed by atoms with Crippen LogP contribution >= 0.6 is 23.4 Å². The third-order valence-corrected chi connectivity index (χ3v) is 6.03. The van der Waals surface area contributed by atoms with Gasteiger partial charge in [0.15, 0.2) is 11.5 Å². The first-order valence-corrected chi connectivity index (χ1v) is 11.8. The van der Waals surface area contributed by atoms with Crippen LogP contribution in [0.4, 0.5) is 5.69 Å². The molecule has 1 aliphatic heterocycles. The molecular weight excluding hydrogens is 450 g/mol. The van der Waals surface area contributed by atoms with Crippen molar-refractivity contribution in [2.75, 3.05) is 30.2 Å². The number of amides is 2. The number of nitriles is 1. The molecule has 0 aromatic heterocycles. The molecule has 7 nitrogen and oxygen atoms in total. The summed E-state index contributed by atoms with van der Waals surface area (Å²) in [4.78, 5) is 27.7. The van der Waals surface area contributed by atoms with E-state index >= 15 is 0 Å². The minimum atomic E-state index is -0.631. The Labute approximate surface area is 196 Å². The minimum absolute atomic E-state index is 0.285. The average Bonchev–Trinajstić information content (AvgIpc) is 3.29. The largest absolute Gasteiger partial charge is 0.490 e. The molecule has 2 amide bonds. The highest BCUT2D eigenvalue weighted by atomic mass is 35.5. The molecule has 9 heteroatoms. The molecule has 2 aromatic carbocycles. The number of rotatable bonds is 8. The van der Waals surface area contributed by atoms with Crippen LogP contribution in [-0.4, -0.2) is 47.6 Å². The van der Waals surface area contributed by atoms with Gasteiger partial charge in [0.05, 0.1) is 35.7 Å². The van der Waals surface area contributed by atoms with Gasteiger partial charge in [-0.2, -0.15) is 5.26 Å². The van der Waals surface area contributed by atoms with Gasteiger partial charge in [-0.15, -0.1) is 11.8 Å². The first-order chi connectivity index (χ1) is 15.5. The summed E-state index contributed by atoms with van der Waals surface area (Å²) in [5, 5.41) is 12.0. The van der Waals surface area contributed by atoms with Crippen LogP contribution in [0.25, 0.3) is 0 Å². The van der Waals surface area contributed by atoms with E-state index in [-0.39, 0.29) is 16.8 Å². The summed E-state index contributed by atoms with van der Waals surface area (Å²) in [5.74, 6) is 1.10. The van der Waals surface area contributed by atoms with Gasteiger partial charge in [0.2, 0.25) is 5.91 Å². The molecule has 1 unspecified atom stereocenters. The number of carbonyl (C=O) groups excluding carboxylic acids is 2. The normalized spacial score (nSPS) is 15.2. The lowest BCUT2D eigenvalue weighted by Gasteiger charge is -2.24. The van der Waals surface area contributed by atoms with Gasteiger partial charge in [-0.1, -0.05) is 18.5 Å². The van der Waals surface area contributed by atoms with Gasteiger partial charge in [0, 0.05) is 17.0 Å². The number of nitrogens with one attached hydrogen (secondary N) is 1. The molecule has 1 saturated heterocycles. The molecule has 1 fully saturated rings. The highest BCUT2D eigenvalue weighted by Gasteiger charge is 2.35. The van der Waals surface area contributed by atoms with E-state index in [1.807, 2.05) is 19.9 Å². The Kier molecular flexibility index (Phi) is 8.26. The Bertz CT molecular complexity index is 1020. The number of anilines is 1. The standard InChI is InChI=1S/C23H24ClN3O4S/c1-3-9-31-21-18(24)10-16(11-20(21)30-4-2)23(29)27-14-32-13-19(27)22(28)26-17-7-5-15(12-25)6-8-17/h5-8,10-11,19H,3-4,9,13-14H2,1-2H3,(H,26,28). The van der Waals surface area contributed by atoms with Gasteiger partial charge >= 0.3 is 0 Å². The number of hydrogen-bond donors (Lipinski definition) is 1. The van der Waals surface area contributed by atoms with Crippen molar-refractivity contribution in [2.45, 2.75) is 26.3 Å². The number of carbonyl (C=O) groups is 2. The topological polar surface area (TPSA) is 91.7 Å². The molecule has 0 saturated carbocycles. The third kappa shape index (κ3) is 5.47. The maximum Gasteiger partial charge on any atom is 0.255 e. The molecule has 1 aliphatic rings. The number of ether oxygens (including phenoxy) is 2. The number of nitrogens with zero attached hydrogens (tertiary/aromatic N) is 2. The molecular formula is C23H24ClN3O4S. The van der Waals surface area contributed by atoms with E-state index in [0.29, 0.717) is 53.2 Å². The van der Waals surface area contributed by atoms with Crippen molar-refractivity contribution in [3.8, 4) is 17.6 Å². The fourth-order valence-electron chi connectivity index (χ4n) is 3.18. The molecule has 3 rings (SSSR count). The van der Waals surface area contributed by atoms with Gasteiger partial charge in [-0.3, -0.25) is 9.59 Å². The molecule has 0 aliphatic carbocycles. The molecule has 0 bridgehead atoms. The lowest BCUT2D eigenvalue weighted by atomic mass is 10.1. The molecule has 168 valence electrons. The van der Waals surface area contributed by atoms with E-state index in [4.69, 9.17) is 26.3 Å². The Morgan fingerprint density at radius 3 is 2.66 bits per heavy atom. The van der Waals surface area contributed by atoms with Crippen molar-refractivity contribution < 1.29 is 19.1 Å². The van der Waals surface area contributed by atoms with Gasteiger partial charge < -0.3 is 19.7 Å². The maximum absolute atomic E-state index is 13.3. The second-order valence-corrected chi connectivity index (χ2v) is 8.44. The molecule has 32 heavy (non-hydrogen) atoms. The highest BCUT2D eigenvalue weighted by molar-refractivity contribution is 7.99. The number of hydrogen-bond acceptors (Lipinski definition) is 6. The monoisotopic (exact) mass is 473 g/mol. The molecule has 0 radical (unpaired) electrons. The van der Waals surface area contributed by atoms with Crippen LogP contribution in [0, 0.1) is 11.3 Å². The summed E-state index contributed by atoms with van der Waals surface area (Å²) in [5.41, 5.74) is 1.41. The van der Waals surface area contributed by atoms with Crippen molar-refractivity contribution in [2.24, 2.45) is 0 Å². The van der Waals surface area contributed by atoms with Crippen LogP contribution in [0.15, 0.2) is 36.4 Å². The predicted octanol–water partition coefficient (Wildman–Crippen LogP) is 4.55. The highest BCUT2D eigenvalue weighted by Crippen LogP contribution is 2.38. The van der Waals surface area contributed by atoms with Crippen molar-refractivity contribution in [3.63, 3.8) is 0 Å². The second-order valence-electron chi connectivity index (χ2n) is 7.04. The van der Waals surface area contributed by atoms with Crippen LogP contribution in [-0.2, 0) is 4.79 Å². The van der Waals surface area contributed by atoms with E-state index in [1.54, 1.807) is 36.4 Å². The van der Waals surface area contributed by atoms with E-state index in [0.717, 1.165) is 6.42 Å². The van der Waals surface area contributed by atoms with Crippen molar-refractivity contribution in [3.05, 3.63) is 52.5 Å². The van der Waals surface area contributed by atoms with Crippen molar-refractivity contribution >= 4 is 40.9 Å². The summed E-state index contributed by atoms with van der Waals surface area (Å²) < 4.78 is 11.4. The molecule has 1 heterocycles. The van der Waals surface area contributed by atoms with E-state index in [1.165, 1.54) is 16.7 Å². The molecule has 1 atom stereocenters. The Morgan fingerprint density at radius 2 is 2.00 bits per heavy atom. The van der Waals surface area contributed by atoms with Crippen LogP contribution in [0.3, 0.4) is 0 Å². The van der Waals surface area contributed by atoms with E-state index < -0.39 is 6.04 Å². The Morgan fingerprint density at radius 1 is 1.25 bits per heavy atom. The van der Waals surface area contributed by atoms with Gasteiger partial charge in [0.25, 0.3) is 5.91 Å². The first-order valence-electron chi connectivity index (χ1n) is 10.3. The van der Waals surface area contributed by atoms with Gasteiger partial charge in [-0.05, 0) is 49.7 Å². The summed E-state index contributed by atoms with van der Waals surface area (Å²) in [6.45, 7) is 4.70. The lowest BCUT2D eigenvalue weighted by molar-refractivity contribution is -0.119. The van der Waals surface area contributed by atoms with Crippen molar-refractivity contribution in [1.29, 1.82) is 5.26 Å². The second kappa shape index (κ2) is 11.1. The summed E-state index contributed by atoms with van der Waals surface area (Å²) in [7, 11) is 0. The third-order valence-electron chi connectivity index (χ3n) is 4.73. The molecule has 0 spiro atoms. The zero-order valence-corrected chi connectivity index (χ0v) is 19.5. The minimum Gasteiger partial charge on any atom is -0.490 e. The number of benzene rings is 2. The SMILES string of the molecule is CCCOc1c(Cl)cc(C(=O)N2CSCC2C(=O)Nc2ccc(C#N)cc2)cc1OCC. The van der Waals surface area contributed by atoms with Gasteiger partial charge in [0.1, 0.15) is 6.04 Å². The molecule has 2 aromatic rings. The van der Waals surface area contributed by atoms with Gasteiger partial charge in [-0.25, -0.2) is 0 Å². The first kappa shape index (κ1) is 23.8. The summed E-state index contributed by atoms with van der Waals surface area (Å²) >= 11 is 7.91. The van der Waals surface area contributed by atoms with E-state index in [2.05, 4.69) is 5.32 Å². The van der Waals surface area contributed by atoms with Crippen molar-refractivity contribution in [1.82, 2.24) is 4.90 Å². The Hall–Kier alpha value is -2.89. The average molecular weight is 474 g/mol. The van der Waals surface area contributed by atoms with Crippen LogP contribution in [0.1, 0.15) is 36.2 Å². The zero-order chi connectivity index (χ0) is 23.1. The fraction of sp³-hybridized carbons (Fsp3) is 0.348. The Balaban J connectivity index is 1.79. The van der Waals surface area contributed by atoms with Crippen LogP contribution in [0.5, 0.6) is 11.5 Å². The summed E-state index contributed by atoms with van der Waals surface area (Å²) in [6, 6.07) is 11.1. The van der Waals surface area contributed by atoms with E-state index in [9.17, 15) is 9.59 Å². The fourth-order valence-corrected chi connectivity index (χ4v) is 4.60.